The summed E-state index contributed by atoms with van der Waals surface area (Å²) in [5.74, 6) is 0.0655. The lowest BCUT2D eigenvalue weighted by Crippen LogP contribution is -2.25. The first-order chi connectivity index (χ1) is 11.7. The summed E-state index contributed by atoms with van der Waals surface area (Å²) in [6.45, 7) is 0.692. The van der Waals surface area contributed by atoms with E-state index in [4.69, 9.17) is 0 Å². The second-order valence-corrected chi connectivity index (χ2v) is 6.97. The van der Waals surface area contributed by atoms with Gasteiger partial charge in [0.1, 0.15) is 0 Å². The number of allylic oxidation sites excluding steroid dienone is 1. The van der Waals surface area contributed by atoms with Crippen LogP contribution in [-0.4, -0.2) is 18.2 Å². The van der Waals surface area contributed by atoms with E-state index in [1.165, 1.54) is 48.8 Å². The van der Waals surface area contributed by atoms with Gasteiger partial charge in [0, 0.05) is 24.9 Å². The van der Waals surface area contributed by atoms with Crippen molar-refractivity contribution in [3.63, 3.8) is 0 Å². The number of Topliss-reactive ketones (excluding diaryl/α,β-unsaturated/α-hetero) is 1. The molecule has 0 saturated heterocycles. The van der Waals surface area contributed by atoms with Crippen molar-refractivity contribution in [3.05, 3.63) is 46.5 Å². The Bertz CT molecular complexity index is 645. The van der Waals surface area contributed by atoms with Crippen molar-refractivity contribution in [3.8, 4) is 0 Å². The Morgan fingerprint density at radius 1 is 0.958 bits per heavy atom. The van der Waals surface area contributed by atoms with E-state index in [0.29, 0.717) is 13.0 Å². The molecule has 0 unspecified atom stereocenters. The number of hydrogen-bond donors (Lipinski definition) is 1. The molecule has 1 aromatic carbocycles. The maximum Gasteiger partial charge on any atom is 0.220 e. The van der Waals surface area contributed by atoms with E-state index in [9.17, 15) is 9.59 Å². The molecule has 0 radical (unpaired) electrons. The molecule has 0 fully saturated rings. The lowest BCUT2D eigenvalue weighted by molar-refractivity contribution is -0.121. The third kappa shape index (κ3) is 4.56. The van der Waals surface area contributed by atoms with Gasteiger partial charge in [-0.2, -0.15) is 0 Å². The van der Waals surface area contributed by atoms with Crippen molar-refractivity contribution in [1.29, 1.82) is 0 Å². The van der Waals surface area contributed by atoms with Crippen LogP contribution in [0, 0.1) is 0 Å². The molecule has 0 saturated carbocycles. The highest BCUT2D eigenvalue weighted by Crippen LogP contribution is 2.23. The Labute approximate surface area is 144 Å². The molecule has 0 aromatic heterocycles. The summed E-state index contributed by atoms with van der Waals surface area (Å²) >= 11 is 0. The molecule has 0 heterocycles. The van der Waals surface area contributed by atoms with Gasteiger partial charge in [0.15, 0.2) is 5.78 Å². The van der Waals surface area contributed by atoms with Crippen LogP contribution in [0.2, 0.25) is 0 Å². The number of amides is 1. The number of carbonyl (C=O) groups excluding carboxylic acids is 2. The van der Waals surface area contributed by atoms with Crippen molar-refractivity contribution in [2.24, 2.45) is 0 Å². The van der Waals surface area contributed by atoms with Gasteiger partial charge in [-0.05, 0) is 68.6 Å². The lowest BCUT2D eigenvalue weighted by atomic mass is 9.97. The van der Waals surface area contributed by atoms with Crippen LogP contribution in [0.5, 0.6) is 0 Å². The minimum absolute atomic E-state index is 0.0130. The third-order valence-electron chi connectivity index (χ3n) is 5.15. The molecule has 2 aliphatic rings. The summed E-state index contributed by atoms with van der Waals surface area (Å²) in [6, 6.07) is 6.02. The first-order valence-corrected chi connectivity index (χ1v) is 9.32. The van der Waals surface area contributed by atoms with E-state index in [0.717, 1.165) is 24.8 Å². The average molecular weight is 325 g/mol. The average Bonchev–Trinajstić information content (AvgIpc) is 3.08. The summed E-state index contributed by atoms with van der Waals surface area (Å²) in [7, 11) is 0. The van der Waals surface area contributed by atoms with Gasteiger partial charge in [-0.1, -0.05) is 23.8 Å². The van der Waals surface area contributed by atoms with E-state index in [1.54, 1.807) is 0 Å². The van der Waals surface area contributed by atoms with Gasteiger partial charge in [0.25, 0.3) is 0 Å². The van der Waals surface area contributed by atoms with Gasteiger partial charge in [-0.3, -0.25) is 9.59 Å². The molecule has 3 heteroatoms. The van der Waals surface area contributed by atoms with Crippen LogP contribution in [0.15, 0.2) is 29.8 Å². The van der Waals surface area contributed by atoms with Crippen molar-refractivity contribution < 1.29 is 9.59 Å². The standard InChI is InChI=1S/C21H27NO2/c23-20(19-10-9-17-7-4-8-18(17)15-19)11-12-21(24)22-14-13-16-5-2-1-3-6-16/h5,9-10,15H,1-4,6-8,11-14H2,(H,22,24). The number of carbonyl (C=O) groups is 2. The molecular weight excluding hydrogens is 298 g/mol. The molecule has 0 bridgehead atoms. The van der Waals surface area contributed by atoms with Crippen molar-refractivity contribution >= 4 is 11.7 Å². The van der Waals surface area contributed by atoms with Crippen molar-refractivity contribution in [1.82, 2.24) is 5.32 Å². The summed E-state index contributed by atoms with van der Waals surface area (Å²) in [4.78, 5) is 24.2. The summed E-state index contributed by atoms with van der Waals surface area (Å²) in [5, 5.41) is 2.95. The molecule has 0 atom stereocenters. The van der Waals surface area contributed by atoms with Crippen LogP contribution < -0.4 is 5.32 Å². The van der Waals surface area contributed by atoms with Gasteiger partial charge in [-0.15, -0.1) is 0 Å². The summed E-state index contributed by atoms with van der Waals surface area (Å²) in [5.41, 5.74) is 4.92. The quantitative estimate of drug-likeness (QED) is 0.605. The van der Waals surface area contributed by atoms with Crippen molar-refractivity contribution in [2.45, 2.75) is 64.2 Å². The minimum atomic E-state index is -0.0130. The number of rotatable bonds is 7. The van der Waals surface area contributed by atoms with Crippen LogP contribution in [-0.2, 0) is 17.6 Å². The van der Waals surface area contributed by atoms with Gasteiger partial charge < -0.3 is 5.32 Å². The molecule has 0 spiro atoms. The molecule has 1 aromatic rings. The van der Waals surface area contributed by atoms with Gasteiger partial charge in [0.05, 0.1) is 0 Å². The number of benzene rings is 1. The Morgan fingerprint density at radius 3 is 2.67 bits per heavy atom. The highest BCUT2D eigenvalue weighted by molar-refractivity contribution is 5.98. The maximum absolute atomic E-state index is 12.3. The predicted octanol–water partition coefficient (Wildman–Crippen LogP) is 4.14. The Balaban J connectivity index is 1.39. The molecule has 24 heavy (non-hydrogen) atoms. The number of aryl methyl sites for hydroxylation is 2. The number of hydrogen-bond acceptors (Lipinski definition) is 2. The van der Waals surface area contributed by atoms with Crippen LogP contribution in [0.3, 0.4) is 0 Å². The van der Waals surface area contributed by atoms with Crippen LogP contribution in [0.4, 0.5) is 0 Å². The second kappa shape index (κ2) is 8.27. The molecule has 2 aliphatic carbocycles. The first-order valence-electron chi connectivity index (χ1n) is 9.32. The highest BCUT2D eigenvalue weighted by Gasteiger charge is 2.15. The topological polar surface area (TPSA) is 46.2 Å². The molecule has 0 aliphatic heterocycles. The van der Waals surface area contributed by atoms with E-state index < -0.39 is 0 Å². The maximum atomic E-state index is 12.3. The third-order valence-corrected chi connectivity index (χ3v) is 5.15. The Hall–Kier alpha value is -1.90. The van der Waals surface area contributed by atoms with Crippen LogP contribution >= 0.6 is 0 Å². The fourth-order valence-electron chi connectivity index (χ4n) is 3.70. The lowest BCUT2D eigenvalue weighted by Gasteiger charge is -2.12. The molecule has 3 nitrogen and oxygen atoms in total. The summed E-state index contributed by atoms with van der Waals surface area (Å²) in [6.07, 6.45) is 12.2. The molecular formula is C21H27NO2. The van der Waals surface area contributed by atoms with E-state index in [1.807, 2.05) is 12.1 Å². The largest absolute Gasteiger partial charge is 0.356 e. The van der Waals surface area contributed by atoms with E-state index >= 15 is 0 Å². The SMILES string of the molecule is O=C(CCC(=O)c1ccc2c(c1)CCC2)NCCC1=CCCCC1. The first kappa shape index (κ1) is 16.9. The number of fused-ring (bicyclic) bond motifs is 1. The van der Waals surface area contributed by atoms with Gasteiger partial charge in [0.2, 0.25) is 5.91 Å². The van der Waals surface area contributed by atoms with Crippen molar-refractivity contribution in [2.75, 3.05) is 6.54 Å². The Kier molecular flexibility index (Phi) is 5.84. The molecule has 1 amide bonds. The fraction of sp³-hybridized carbons (Fsp3) is 0.524. The fourth-order valence-corrected chi connectivity index (χ4v) is 3.70. The Morgan fingerprint density at radius 2 is 1.83 bits per heavy atom. The monoisotopic (exact) mass is 325 g/mol. The molecule has 1 N–H and O–H groups in total. The predicted molar refractivity (Wildman–Crippen MR) is 96.2 cm³/mol. The number of ketones is 1. The van der Waals surface area contributed by atoms with Crippen LogP contribution in [0.25, 0.3) is 0 Å². The van der Waals surface area contributed by atoms with E-state index in [2.05, 4.69) is 17.5 Å². The minimum Gasteiger partial charge on any atom is -0.356 e. The highest BCUT2D eigenvalue weighted by atomic mass is 16.2. The molecule has 128 valence electrons. The zero-order chi connectivity index (χ0) is 16.8. The smallest absolute Gasteiger partial charge is 0.220 e. The zero-order valence-corrected chi connectivity index (χ0v) is 14.4. The summed E-state index contributed by atoms with van der Waals surface area (Å²) < 4.78 is 0. The van der Waals surface area contributed by atoms with E-state index in [-0.39, 0.29) is 18.1 Å². The normalized spacial score (nSPS) is 16.4. The van der Waals surface area contributed by atoms with Crippen LogP contribution in [0.1, 0.15) is 72.9 Å². The zero-order valence-electron chi connectivity index (χ0n) is 14.4. The number of nitrogens with one attached hydrogen (secondary N) is 1. The van der Waals surface area contributed by atoms with Gasteiger partial charge in [-0.25, -0.2) is 0 Å². The second-order valence-electron chi connectivity index (χ2n) is 6.97. The van der Waals surface area contributed by atoms with Gasteiger partial charge >= 0.3 is 0 Å². The molecule has 3 rings (SSSR count).